The second-order valence-corrected chi connectivity index (χ2v) is 4.44. The largest absolute Gasteiger partial charge is 0.274 e. The minimum absolute atomic E-state index is 0.166. The van der Waals surface area contributed by atoms with Crippen molar-refractivity contribution in [3.05, 3.63) is 41.2 Å². The van der Waals surface area contributed by atoms with Gasteiger partial charge in [-0.1, -0.05) is 24.3 Å². The Bertz CT molecular complexity index is 602. The lowest BCUT2D eigenvalue weighted by atomic mass is 10.1. The first-order valence-electron chi connectivity index (χ1n) is 5.87. The highest BCUT2D eigenvalue weighted by molar-refractivity contribution is 6.21. The molecule has 96 valence electrons. The first kappa shape index (κ1) is 11.5. The third kappa shape index (κ3) is 1.79. The van der Waals surface area contributed by atoms with E-state index in [4.69, 9.17) is 0 Å². The monoisotopic (exact) mass is 257 g/mol. The number of carbonyl (C=O) groups is 2. The molecule has 2 aromatic rings. The summed E-state index contributed by atoms with van der Waals surface area (Å²) in [5.41, 5.74) is 0.903. The van der Waals surface area contributed by atoms with Gasteiger partial charge >= 0.3 is 0 Å². The summed E-state index contributed by atoms with van der Waals surface area (Å²) in [5.74, 6) is -0.218. The summed E-state index contributed by atoms with van der Waals surface area (Å²) >= 11 is 0. The maximum absolute atomic E-state index is 12.2. The van der Waals surface area contributed by atoms with Crippen LogP contribution in [0.1, 0.15) is 39.4 Å². The van der Waals surface area contributed by atoms with Gasteiger partial charge in [0.1, 0.15) is 0 Å². The molecule has 0 fully saturated rings. The predicted octanol–water partition coefficient (Wildman–Crippen LogP) is 0.599. The molecule has 0 bridgehead atoms. The molecule has 1 aromatic heterocycles. The van der Waals surface area contributed by atoms with Crippen LogP contribution in [-0.4, -0.2) is 43.9 Å². The van der Waals surface area contributed by atoms with Crippen molar-refractivity contribution in [2.45, 2.75) is 12.8 Å². The van der Waals surface area contributed by atoms with Crippen molar-refractivity contribution in [1.29, 1.82) is 0 Å². The lowest BCUT2D eigenvalue weighted by Gasteiger charge is -2.16. The van der Waals surface area contributed by atoms with Crippen molar-refractivity contribution >= 4 is 11.8 Å². The quantitative estimate of drug-likeness (QED) is 0.813. The maximum atomic E-state index is 12.2. The van der Waals surface area contributed by atoms with E-state index in [0.29, 0.717) is 17.0 Å². The lowest BCUT2D eigenvalue weighted by molar-refractivity contribution is 0.0645. The molecule has 3 rings (SSSR count). The normalized spacial score (nSPS) is 15.7. The Hall–Kier alpha value is -2.57. The molecular weight excluding hydrogens is 246 g/mol. The SMILES string of the molecule is CC(CN1C(=O)c2ccccc2C1=O)c1nn[nH]n1. The summed E-state index contributed by atoms with van der Waals surface area (Å²) in [6.45, 7) is 2.08. The zero-order valence-corrected chi connectivity index (χ0v) is 10.2. The summed E-state index contributed by atoms with van der Waals surface area (Å²) in [6.07, 6.45) is 0. The molecule has 1 aromatic carbocycles. The van der Waals surface area contributed by atoms with Gasteiger partial charge in [-0.2, -0.15) is 5.21 Å². The van der Waals surface area contributed by atoms with Gasteiger partial charge in [-0.25, -0.2) is 0 Å². The molecule has 2 amide bonds. The van der Waals surface area contributed by atoms with E-state index in [1.807, 2.05) is 6.92 Å². The van der Waals surface area contributed by atoms with Crippen molar-refractivity contribution in [1.82, 2.24) is 25.5 Å². The number of rotatable bonds is 3. The fourth-order valence-corrected chi connectivity index (χ4v) is 2.14. The van der Waals surface area contributed by atoms with Gasteiger partial charge in [0, 0.05) is 12.5 Å². The second kappa shape index (κ2) is 4.27. The number of hydrogen-bond acceptors (Lipinski definition) is 5. The first-order chi connectivity index (χ1) is 9.18. The van der Waals surface area contributed by atoms with E-state index in [0.717, 1.165) is 0 Å². The van der Waals surface area contributed by atoms with E-state index in [9.17, 15) is 9.59 Å². The number of carbonyl (C=O) groups excluding carboxylic acids is 2. The predicted molar refractivity (Wildman–Crippen MR) is 64.4 cm³/mol. The van der Waals surface area contributed by atoms with Gasteiger partial charge in [0.2, 0.25) is 0 Å². The number of tetrazole rings is 1. The van der Waals surface area contributed by atoms with Crippen molar-refractivity contribution in [2.24, 2.45) is 0 Å². The molecule has 1 N–H and O–H groups in total. The van der Waals surface area contributed by atoms with Crippen LogP contribution in [0.25, 0.3) is 0 Å². The molecule has 7 heteroatoms. The van der Waals surface area contributed by atoms with E-state index in [2.05, 4.69) is 20.6 Å². The molecule has 7 nitrogen and oxygen atoms in total. The van der Waals surface area contributed by atoms with Crippen LogP contribution in [0.2, 0.25) is 0 Å². The number of H-pyrrole nitrogens is 1. The highest BCUT2D eigenvalue weighted by Gasteiger charge is 2.36. The van der Waals surface area contributed by atoms with Crippen molar-refractivity contribution < 1.29 is 9.59 Å². The third-order valence-electron chi connectivity index (χ3n) is 3.14. The minimum atomic E-state index is -0.268. The standard InChI is InChI=1S/C12H11N5O2/c1-7(10-13-15-16-14-10)6-17-11(18)8-4-2-3-5-9(8)12(17)19/h2-5,7H,6H2,1H3,(H,13,14,15,16). The van der Waals surface area contributed by atoms with Gasteiger partial charge < -0.3 is 0 Å². The molecule has 0 saturated carbocycles. The molecule has 0 saturated heterocycles. The molecular formula is C12H11N5O2. The van der Waals surface area contributed by atoms with Crippen LogP contribution in [0.5, 0.6) is 0 Å². The Labute approximate surface area is 108 Å². The van der Waals surface area contributed by atoms with E-state index in [-0.39, 0.29) is 24.3 Å². The molecule has 0 aliphatic carbocycles. The number of hydrogen-bond donors (Lipinski definition) is 1. The van der Waals surface area contributed by atoms with Crippen LogP contribution in [0.4, 0.5) is 0 Å². The van der Waals surface area contributed by atoms with Crippen molar-refractivity contribution in [3.63, 3.8) is 0 Å². The average molecular weight is 257 g/mol. The number of nitrogens with zero attached hydrogens (tertiary/aromatic N) is 4. The smallest absolute Gasteiger partial charge is 0.261 e. The molecule has 1 unspecified atom stereocenters. The van der Waals surface area contributed by atoms with Crippen molar-refractivity contribution in [3.8, 4) is 0 Å². The van der Waals surface area contributed by atoms with E-state index >= 15 is 0 Å². The Morgan fingerprint density at radius 2 is 1.84 bits per heavy atom. The first-order valence-corrected chi connectivity index (χ1v) is 5.87. The topological polar surface area (TPSA) is 91.8 Å². The molecule has 0 radical (unpaired) electrons. The van der Waals surface area contributed by atoms with Gasteiger partial charge in [0.05, 0.1) is 11.1 Å². The molecule has 1 atom stereocenters. The lowest BCUT2D eigenvalue weighted by Crippen LogP contribution is -2.33. The van der Waals surface area contributed by atoms with Crippen LogP contribution in [0, 0.1) is 0 Å². The Morgan fingerprint density at radius 3 is 2.37 bits per heavy atom. The number of nitrogens with one attached hydrogen (secondary N) is 1. The zero-order chi connectivity index (χ0) is 13.4. The van der Waals surface area contributed by atoms with Crippen LogP contribution >= 0.6 is 0 Å². The molecule has 19 heavy (non-hydrogen) atoms. The van der Waals surface area contributed by atoms with Crippen LogP contribution < -0.4 is 0 Å². The second-order valence-electron chi connectivity index (χ2n) is 4.44. The zero-order valence-electron chi connectivity index (χ0n) is 10.2. The molecule has 1 aliphatic heterocycles. The third-order valence-corrected chi connectivity index (χ3v) is 3.14. The summed E-state index contributed by atoms with van der Waals surface area (Å²) in [6, 6.07) is 6.81. The molecule has 2 heterocycles. The van der Waals surface area contributed by atoms with E-state index in [1.54, 1.807) is 24.3 Å². The number of amides is 2. The van der Waals surface area contributed by atoms with Crippen LogP contribution in [0.3, 0.4) is 0 Å². The average Bonchev–Trinajstić information content (AvgIpc) is 3.03. The summed E-state index contributed by atoms with van der Waals surface area (Å²) < 4.78 is 0. The van der Waals surface area contributed by atoms with Gasteiger partial charge in [-0.3, -0.25) is 14.5 Å². The Balaban J connectivity index is 1.85. The number of benzene rings is 1. The molecule has 1 aliphatic rings. The Kier molecular flexibility index (Phi) is 2.59. The van der Waals surface area contributed by atoms with Gasteiger partial charge in [0.25, 0.3) is 11.8 Å². The van der Waals surface area contributed by atoms with Gasteiger partial charge in [0.15, 0.2) is 5.82 Å². The number of aromatic amines is 1. The maximum Gasteiger partial charge on any atom is 0.261 e. The summed E-state index contributed by atoms with van der Waals surface area (Å²) in [7, 11) is 0. The van der Waals surface area contributed by atoms with Gasteiger partial charge in [-0.15, -0.1) is 10.2 Å². The van der Waals surface area contributed by atoms with Gasteiger partial charge in [-0.05, 0) is 12.1 Å². The molecule has 0 spiro atoms. The number of imide groups is 1. The van der Waals surface area contributed by atoms with Crippen molar-refractivity contribution in [2.75, 3.05) is 6.54 Å². The number of aromatic nitrogens is 4. The minimum Gasteiger partial charge on any atom is -0.274 e. The Morgan fingerprint density at radius 1 is 1.21 bits per heavy atom. The van der Waals surface area contributed by atoms with Crippen LogP contribution in [0.15, 0.2) is 24.3 Å². The fourth-order valence-electron chi connectivity index (χ4n) is 2.14. The number of fused-ring (bicyclic) bond motifs is 1. The van der Waals surface area contributed by atoms with Crippen LogP contribution in [-0.2, 0) is 0 Å². The van der Waals surface area contributed by atoms with E-state index in [1.165, 1.54) is 4.90 Å². The highest BCUT2D eigenvalue weighted by atomic mass is 16.2. The summed E-state index contributed by atoms with van der Waals surface area (Å²) in [4.78, 5) is 25.5. The fraction of sp³-hybridized carbons (Fsp3) is 0.250. The summed E-state index contributed by atoms with van der Waals surface area (Å²) in [5, 5.41) is 13.5. The van der Waals surface area contributed by atoms with E-state index < -0.39 is 0 Å². The highest BCUT2D eigenvalue weighted by Crippen LogP contribution is 2.24.